The highest BCUT2D eigenvalue weighted by Crippen LogP contribution is 2.35. The van der Waals surface area contributed by atoms with Crippen LogP contribution in [0.15, 0.2) is 78.9 Å². The van der Waals surface area contributed by atoms with E-state index in [9.17, 15) is 33.3 Å². The van der Waals surface area contributed by atoms with Gasteiger partial charge in [-0.2, -0.15) is 18.4 Å². The number of nitro groups is 1. The molecule has 0 fully saturated rings. The Hall–Kier alpha value is -5.11. The van der Waals surface area contributed by atoms with Crippen molar-refractivity contribution in [3.05, 3.63) is 111 Å². The maximum atomic E-state index is 13.0. The van der Waals surface area contributed by atoms with E-state index in [1.54, 1.807) is 30.3 Å². The fraction of sp³-hybridized carbons (Fsp3) is 0.143. The number of anilines is 1. The Bertz CT molecular complexity index is 1480. The first-order valence-electron chi connectivity index (χ1n) is 11.3. The molecule has 1 amide bonds. The zero-order valence-electron chi connectivity index (χ0n) is 20.6. The molecule has 0 heterocycles. The van der Waals surface area contributed by atoms with Crippen LogP contribution in [-0.4, -0.2) is 17.9 Å². The first-order valence-corrected chi connectivity index (χ1v) is 11.3. The van der Waals surface area contributed by atoms with Gasteiger partial charge >= 0.3 is 6.18 Å². The third kappa shape index (κ3) is 7.45. The van der Waals surface area contributed by atoms with Gasteiger partial charge in [0.15, 0.2) is 11.5 Å². The average molecular weight is 537 g/mol. The Labute approximate surface area is 221 Å². The lowest BCUT2D eigenvalue weighted by Crippen LogP contribution is -2.14. The van der Waals surface area contributed by atoms with Gasteiger partial charge in [0.2, 0.25) is 0 Å². The summed E-state index contributed by atoms with van der Waals surface area (Å²) in [7, 11) is 1.40. The molecule has 0 bridgehead atoms. The molecular weight excluding hydrogens is 515 g/mol. The van der Waals surface area contributed by atoms with Gasteiger partial charge in [0.05, 0.1) is 17.6 Å². The molecule has 0 radical (unpaired) electrons. The lowest BCUT2D eigenvalue weighted by atomic mass is 10.0. The van der Waals surface area contributed by atoms with Crippen LogP contribution in [0.1, 0.15) is 22.3 Å². The second kappa shape index (κ2) is 12.4. The smallest absolute Gasteiger partial charge is 0.416 e. The maximum Gasteiger partial charge on any atom is 0.416 e. The van der Waals surface area contributed by atoms with Crippen LogP contribution in [0, 0.1) is 21.4 Å². The second-order valence-electron chi connectivity index (χ2n) is 8.12. The van der Waals surface area contributed by atoms with Crippen molar-refractivity contribution in [2.45, 2.75) is 19.2 Å². The lowest BCUT2D eigenvalue weighted by Gasteiger charge is -2.16. The minimum atomic E-state index is -4.59. The largest absolute Gasteiger partial charge is 0.493 e. The van der Waals surface area contributed by atoms with Crippen LogP contribution in [0.3, 0.4) is 0 Å². The van der Waals surface area contributed by atoms with E-state index in [0.29, 0.717) is 28.9 Å². The van der Waals surface area contributed by atoms with E-state index in [1.807, 2.05) is 0 Å². The van der Waals surface area contributed by atoms with Gasteiger partial charge in [-0.15, -0.1) is 6.58 Å². The Morgan fingerprint density at radius 2 is 1.92 bits per heavy atom. The number of nitrogens with one attached hydrogen (secondary N) is 1. The summed E-state index contributed by atoms with van der Waals surface area (Å²) in [6, 6.07) is 14.9. The zero-order chi connectivity index (χ0) is 28.6. The van der Waals surface area contributed by atoms with Crippen molar-refractivity contribution in [3.63, 3.8) is 0 Å². The van der Waals surface area contributed by atoms with Gasteiger partial charge in [-0.3, -0.25) is 14.9 Å². The highest BCUT2D eigenvalue weighted by molar-refractivity contribution is 6.09. The van der Waals surface area contributed by atoms with Crippen LogP contribution in [-0.2, 0) is 24.0 Å². The number of methoxy groups -OCH3 is 1. The van der Waals surface area contributed by atoms with E-state index < -0.39 is 22.6 Å². The van der Waals surface area contributed by atoms with Crippen molar-refractivity contribution in [1.29, 1.82) is 5.26 Å². The summed E-state index contributed by atoms with van der Waals surface area (Å²) in [5, 5.41) is 22.9. The van der Waals surface area contributed by atoms with Gasteiger partial charge in [0, 0.05) is 23.4 Å². The van der Waals surface area contributed by atoms with Gasteiger partial charge in [0.25, 0.3) is 11.6 Å². The van der Waals surface area contributed by atoms with Crippen LogP contribution < -0.4 is 14.8 Å². The normalized spacial score (nSPS) is 11.3. The first-order chi connectivity index (χ1) is 18.5. The molecule has 0 saturated heterocycles. The molecule has 200 valence electrons. The van der Waals surface area contributed by atoms with Crippen LogP contribution in [0.4, 0.5) is 24.5 Å². The summed E-state index contributed by atoms with van der Waals surface area (Å²) in [5.41, 5.74) is 0.0382. The summed E-state index contributed by atoms with van der Waals surface area (Å²) in [4.78, 5) is 23.2. The summed E-state index contributed by atoms with van der Waals surface area (Å²) >= 11 is 0. The highest BCUT2D eigenvalue weighted by atomic mass is 19.4. The fourth-order valence-corrected chi connectivity index (χ4v) is 3.59. The Morgan fingerprint density at radius 1 is 1.18 bits per heavy atom. The molecule has 1 N–H and O–H groups in total. The molecule has 3 aromatic rings. The summed E-state index contributed by atoms with van der Waals surface area (Å²) < 4.78 is 50.4. The number of carbonyl (C=O) groups excluding carboxylic acids is 1. The summed E-state index contributed by atoms with van der Waals surface area (Å²) in [5.74, 6) is -0.290. The topological polar surface area (TPSA) is 114 Å². The number of nitrogens with zero attached hydrogens (tertiary/aromatic N) is 2. The Morgan fingerprint density at radius 3 is 2.56 bits per heavy atom. The standard InChI is InChI=1S/C28H22F3N3O5/c1-3-6-20-11-19(12-21(16-32)27(35)33-23-9-5-8-22(15-23)28(29,30)31)14-25(38-2)26(20)39-17-18-7-4-10-24(13-18)34(36)37/h3-5,7-15H,1,6,17H2,2H3,(H,33,35)/b21-12-. The number of alkyl halides is 3. The van der Waals surface area contributed by atoms with Crippen molar-refractivity contribution < 1.29 is 32.4 Å². The van der Waals surface area contributed by atoms with Gasteiger partial charge < -0.3 is 14.8 Å². The molecule has 0 atom stereocenters. The number of hydrogen-bond donors (Lipinski definition) is 1. The first kappa shape index (κ1) is 28.5. The third-order valence-corrected chi connectivity index (χ3v) is 5.37. The minimum Gasteiger partial charge on any atom is -0.493 e. The number of nitriles is 1. The number of allylic oxidation sites excluding steroid dienone is 1. The van der Waals surface area contributed by atoms with E-state index in [-0.39, 0.29) is 29.3 Å². The summed E-state index contributed by atoms with van der Waals surface area (Å²) in [6.07, 6.45) is -1.40. The minimum absolute atomic E-state index is 0.000208. The fourth-order valence-electron chi connectivity index (χ4n) is 3.59. The van der Waals surface area contributed by atoms with Gasteiger partial charge in [0.1, 0.15) is 18.2 Å². The quantitative estimate of drug-likeness (QED) is 0.104. The molecule has 3 aromatic carbocycles. The van der Waals surface area contributed by atoms with E-state index in [0.717, 1.165) is 18.2 Å². The molecular formula is C28H22F3N3O5. The van der Waals surface area contributed by atoms with Crippen molar-refractivity contribution in [3.8, 4) is 17.6 Å². The number of non-ortho nitro benzene ring substituents is 1. The van der Waals surface area contributed by atoms with Crippen molar-refractivity contribution >= 4 is 23.4 Å². The zero-order valence-corrected chi connectivity index (χ0v) is 20.6. The molecule has 11 heteroatoms. The van der Waals surface area contributed by atoms with Crippen LogP contribution in [0.2, 0.25) is 0 Å². The molecule has 0 saturated carbocycles. The maximum absolute atomic E-state index is 13.0. The number of rotatable bonds is 10. The monoisotopic (exact) mass is 537 g/mol. The number of nitro benzene ring substituents is 1. The predicted molar refractivity (Wildman–Crippen MR) is 138 cm³/mol. The van der Waals surface area contributed by atoms with Gasteiger partial charge in [-0.1, -0.05) is 24.3 Å². The van der Waals surface area contributed by atoms with Gasteiger partial charge in [-0.05, 0) is 54.0 Å². The highest BCUT2D eigenvalue weighted by Gasteiger charge is 2.30. The van der Waals surface area contributed by atoms with E-state index >= 15 is 0 Å². The van der Waals surface area contributed by atoms with Crippen LogP contribution in [0.25, 0.3) is 6.08 Å². The number of carbonyl (C=O) groups is 1. The van der Waals surface area contributed by atoms with Crippen molar-refractivity contribution in [1.82, 2.24) is 0 Å². The number of ether oxygens (including phenoxy) is 2. The van der Waals surface area contributed by atoms with E-state index in [2.05, 4.69) is 11.9 Å². The molecule has 39 heavy (non-hydrogen) atoms. The van der Waals surface area contributed by atoms with E-state index in [4.69, 9.17) is 9.47 Å². The molecule has 3 rings (SSSR count). The number of amides is 1. The molecule has 8 nitrogen and oxygen atoms in total. The number of hydrogen-bond acceptors (Lipinski definition) is 6. The molecule has 0 aliphatic carbocycles. The number of halogens is 3. The lowest BCUT2D eigenvalue weighted by molar-refractivity contribution is -0.384. The summed E-state index contributed by atoms with van der Waals surface area (Å²) in [6.45, 7) is 3.72. The molecule has 0 aliphatic heterocycles. The third-order valence-electron chi connectivity index (χ3n) is 5.37. The Balaban J connectivity index is 1.89. The SMILES string of the molecule is C=CCc1cc(/C=C(/C#N)C(=O)Nc2cccc(C(F)(F)F)c2)cc(OC)c1OCc1cccc([N+](=O)[O-])c1. The van der Waals surface area contributed by atoms with Crippen molar-refractivity contribution in [2.75, 3.05) is 12.4 Å². The predicted octanol–water partition coefficient (Wildman–Crippen LogP) is 6.48. The molecule has 0 spiro atoms. The van der Waals surface area contributed by atoms with E-state index in [1.165, 1.54) is 37.5 Å². The average Bonchev–Trinajstić information content (AvgIpc) is 2.90. The molecule has 0 aliphatic rings. The molecule has 0 aromatic heterocycles. The van der Waals surface area contributed by atoms with Gasteiger partial charge in [-0.25, -0.2) is 0 Å². The van der Waals surface area contributed by atoms with Crippen LogP contribution in [0.5, 0.6) is 11.5 Å². The Kier molecular flexibility index (Phi) is 9.07. The van der Waals surface area contributed by atoms with Crippen LogP contribution >= 0.6 is 0 Å². The number of benzene rings is 3. The molecule has 0 unspecified atom stereocenters. The van der Waals surface area contributed by atoms with Crippen molar-refractivity contribution in [2.24, 2.45) is 0 Å². The second-order valence-corrected chi connectivity index (χ2v) is 8.12.